The second-order valence-corrected chi connectivity index (χ2v) is 7.68. The van der Waals surface area contributed by atoms with E-state index in [0.29, 0.717) is 25.2 Å². The quantitative estimate of drug-likeness (QED) is 0.809. The smallest absolute Gasteiger partial charge is 0.411 e. The van der Waals surface area contributed by atoms with Crippen LogP contribution < -0.4 is 0 Å². The first-order chi connectivity index (χ1) is 12.3. The molecule has 2 aliphatic heterocycles. The van der Waals surface area contributed by atoms with Crippen LogP contribution in [0.4, 0.5) is 9.18 Å². The van der Waals surface area contributed by atoms with Crippen molar-refractivity contribution in [2.45, 2.75) is 51.3 Å². The number of carbonyl (C=O) groups is 1. The number of benzene rings is 1. The molecule has 6 heteroatoms. The van der Waals surface area contributed by atoms with Crippen LogP contribution in [-0.4, -0.2) is 41.9 Å². The van der Waals surface area contributed by atoms with E-state index in [2.05, 4.69) is 0 Å². The molecule has 1 saturated heterocycles. The van der Waals surface area contributed by atoms with E-state index in [1.165, 1.54) is 6.07 Å². The summed E-state index contributed by atoms with van der Waals surface area (Å²) in [6, 6.07) is 6.56. The molecule has 3 rings (SSSR count). The summed E-state index contributed by atoms with van der Waals surface area (Å²) < 4.78 is 25.3. The van der Waals surface area contributed by atoms with E-state index in [-0.39, 0.29) is 30.4 Å². The highest BCUT2D eigenvalue weighted by Gasteiger charge is 2.40. The van der Waals surface area contributed by atoms with E-state index in [1.807, 2.05) is 39.0 Å². The Hall–Kier alpha value is -2.39. The Bertz CT molecular complexity index is 776. The van der Waals surface area contributed by atoms with Gasteiger partial charge in [0.05, 0.1) is 37.8 Å². The van der Waals surface area contributed by atoms with Gasteiger partial charge in [-0.15, -0.1) is 0 Å². The largest absolute Gasteiger partial charge is 0.444 e. The van der Waals surface area contributed by atoms with Crippen molar-refractivity contribution in [1.29, 1.82) is 5.26 Å². The van der Waals surface area contributed by atoms with Crippen LogP contribution in [-0.2, 0) is 15.9 Å². The summed E-state index contributed by atoms with van der Waals surface area (Å²) in [5.74, 6) is -0.374. The lowest BCUT2D eigenvalue weighted by molar-refractivity contribution is -0.0510. The highest BCUT2D eigenvalue weighted by atomic mass is 19.1. The third kappa shape index (κ3) is 3.88. The van der Waals surface area contributed by atoms with Gasteiger partial charge in [-0.1, -0.05) is 18.2 Å². The Morgan fingerprint density at radius 3 is 2.81 bits per heavy atom. The molecule has 2 unspecified atom stereocenters. The fourth-order valence-corrected chi connectivity index (χ4v) is 3.38. The molecule has 1 aromatic rings. The van der Waals surface area contributed by atoms with Crippen molar-refractivity contribution in [3.05, 3.63) is 41.2 Å². The van der Waals surface area contributed by atoms with E-state index >= 15 is 0 Å². The van der Waals surface area contributed by atoms with Crippen molar-refractivity contribution in [3.63, 3.8) is 0 Å². The van der Waals surface area contributed by atoms with Crippen molar-refractivity contribution >= 4 is 11.7 Å². The third-order valence-corrected chi connectivity index (χ3v) is 4.50. The Morgan fingerprint density at radius 2 is 2.19 bits per heavy atom. The van der Waals surface area contributed by atoms with Crippen molar-refractivity contribution in [2.24, 2.45) is 0 Å². The predicted octanol–water partition coefficient (Wildman–Crippen LogP) is 3.68. The molecule has 1 aromatic carbocycles. The predicted molar refractivity (Wildman–Crippen MR) is 94.8 cm³/mol. The first-order valence-electron chi connectivity index (χ1n) is 8.74. The lowest BCUT2D eigenvalue weighted by Crippen LogP contribution is -2.57. The van der Waals surface area contributed by atoms with Gasteiger partial charge in [-0.2, -0.15) is 5.26 Å². The highest BCUT2D eigenvalue weighted by Crippen LogP contribution is 2.34. The maximum atomic E-state index is 14.2. The standard InChI is InChI=1S/C20H23FN2O3/c1-20(2,3)26-19(24)23-16-8-15(9-17(23)12-25-11-16)14-5-4-13(6-7-22)18(21)10-14/h4-5,8,10,16-17H,6,9,11-12H2,1-3H3. The molecule has 0 aromatic heterocycles. The van der Waals surface area contributed by atoms with Crippen LogP contribution in [0.15, 0.2) is 24.3 Å². The van der Waals surface area contributed by atoms with Crippen molar-refractivity contribution < 1.29 is 18.7 Å². The fourth-order valence-electron chi connectivity index (χ4n) is 3.38. The van der Waals surface area contributed by atoms with Crippen molar-refractivity contribution in [1.82, 2.24) is 4.90 Å². The second kappa shape index (κ2) is 7.08. The minimum absolute atomic E-state index is 0.0523. The number of fused-ring (bicyclic) bond motifs is 2. The van der Waals surface area contributed by atoms with Crippen LogP contribution in [0.5, 0.6) is 0 Å². The molecule has 1 fully saturated rings. The van der Waals surface area contributed by atoms with Gasteiger partial charge < -0.3 is 9.47 Å². The van der Waals surface area contributed by atoms with Crippen LogP contribution in [0, 0.1) is 17.1 Å². The number of morpholine rings is 1. The van der Waals surface area contributed by atoms with E-state index in [9.17, 15) is 9.18 Å². The summed E-state index contributed by atoms with van der Waals surface area (Å²) in [5, 5.41) is 8.74. The van der Waals surface area contributed by atoms with Crippen molar-refractivity contribution in [3.8, 4) is 6.07 Å². The number of carbonyl (C=O) groups excluding carboxylic acids is 1. The molecular formula is C20H23FN2O3. The lowest BCUT2D eigenvalue weighted by atomic mass is 9.89. The molecule has 0 radical (unpaired) electrons. The Labute approximate surface area is 153 Å². The number of ether oxygens (including phenoxy) is 2. The molecule has 5 nitrogen and oxygen atoms in total. The number of amides is 1. The first-order valence-corrected chi connectivity index (χ1v) is 8.74. The molecule has 2 atom stereocenters. The molecule has 2 bridgehead atoms. The Balaban J connectivity index is 1.85. The van der Waals surface area contributed by atoms with E-state index < -0.39 is 5.60 Å². The summed E-state index contributed by atoms with van der Waals surface area (Å²) in [6.45, 7) is 6.35. The van der Waals surface area contributed by atoms with Gasteiger partial charge >= 0.3 is 6.09 Å². The lowest BCUT2D eigenvalue weighted by Gasteiger charge is -2.44. The van der Waals surface area contributed by atoms with Crippen LogP contribution >= 0.6 is 0 Å². The summed E-state index contributed by atoms with van der Waals surface area (Å²) in [5.41, 5.74) is 1.61. The summed E-state index contributed by atoms with van der Waals surface area (Å²) >= 11 is 0. The zero-order chi connectivity index (χ0) is 18.9. The monoisotopic (exact) mass is 358 g/mol. The number of hydrogen-bond donors (Lipinski definition) is 0. The number of hydrogen-bond acceptors (Lipinski definition) is 4. The van der Waals surface area contributed by atoms with E-state index in [4.69, 9.17) is 14.7 Å². The minimum atomic E-state index is -0.560. The van der Waals surface area contributed by atoms with Gasteiger partial charge in [0, 0.05) is 5.56 Å². The van der Waals surface area contributed by atoms with Gasteiger partial charge in [0.2, 0.25) is 0 Å². The average Bonchev–Trinajstić information content (AvgIpc) is 2.54. The van der Waals surface area contributed by atoms with Crippen LogP contribution in [0.1, 0.15) is 38.3 Å². The second-order valence-electron chi connectivity index (χ2n) is 7.68. The van der Waals surface area contributed by atoms with Crippen LogP contribution in [0.3, 0.4) is 0 Å². The number of rotatable bonds is 2. The zero-order valence-corrected chi connectivity index (χ0v) is 15.3. The molecule has 1 amide bonds. The molecule has 0 spiro atoms. The molecule has 0 saturated carbocycles. The van der Waals surface area contributed by atoms with E-state index in [0.717, 1.165) is 11.1 Å². The van der Waals surface area contributed by atoms with E-state index in [1.54, 1.807) is 11.0 Å². The summed E-state index contributed by atoms with van der Waals surface area (Å²) in [4.78, 5) is 14.3. The van der Waals surface area contributed by atoms with Crippen LogP contribution in [0.2, 0.25) is 0 Å². The molecule has 138 valence electrons. The summed E-state index contributed by atoms with van der Waals surface area (Å²) in [6.07, 6.45) is 2.24. The molecule has 2 heterocycles. The van der Waals surface area contributed by atoms with Gasteiger partial charge in [0.15, 0.2) is 0 Å². The maximum Gasteiger partial charge on any atom is 0.411 e. The van der Waals surface area contributed by atoms with Gasteiger partial charge in [-0.3, -0.25) is 4.90 Å². The van der Waals surface area contributed by atoms with Gasteiger partial charge in [0.1, 0.15) is 11.4 Å². The SMILES string of the molecule is CC(C)(C)OC(=O)N1C2C=C(c3ccc(CC#N)c(F)c3)CC1COC2. The molecule has 0 aliphatic carbocycles. The highest BCUT2D eigenvalue weighted by molar-refractivity contribution is 5.75. The number of nitrogens with zero attached hydrogens (tertiary/aromatic N) is 2. The zero-order valence-electron chi connectivity index (χ0n) is 15.3. The van der Waals surface area contributed by atoms with Gasteiger partial charge in [-0.05, 0) is 44.4 Å². The fraction of sp³-hybridized carbons (Fsp3) is 0.500. The Morgan fingerprint density at radius 1 is 1.42 bits per heavy atom. The third-order valence-electron chi connectivity index (χ3n) is 4.50. The number of halogens is 1. The van der Waals surface area contributed by atoms with Gasteiger partial charge in [-0.25, -0.2) is 9.18 Å². The van der Waals surface area contributed by atoms with Crippen LogP contribution in [0.25, 0.3) is 5.57 Å². The minimum Gasteiger partial charge on any atom is -0.444 e. The van der Waals surface area contributed by atoms with Crippen molar-refractivity contribution in [2.75, 3.05) is 13.2 Å². The molecule has 26 heavy (non-hydrogen) atoms. The maximum absolute atomic E-state index is 14.2. The average molecular weight is 358 g/mol. The number of nitriles is 1. The Kier molecular flexibility index (Phi) is 5.01. The molecule has 0 N–H and O–H groups in total. The summed E-state index contributed by atoms with van der Waals surface area (Å²) in [7, 11) is 0. The first kappa shape index (κ1) is 18.4. The topological polar surface area (TPSA) is 62.6 Å². The normalized spacial score (nSPS) is 22.4. The van der Waals surface area contributed by atoms with Gasteiger partial charge in [0.25, 0.3) is 0 Å². The molecular weight excluding hydrogens is 335 g/mol. The molecule has 2 aliphatic rings.